The summed E-state index contributed by atoms with van der Waals surface area (Å²) in [5.41, 5.74) is 2.40. The lowest BCUT2D eigenvalue weighted by Gasteiger charge is -2.14. The lowest BCUT2D eigenvalue weighted by atomic mass is 10.1. The molecular weight excluding hydrogens is 368 g/mol. The molecule has 6 nitrogen and oxygen atoms in total. The van der Waals surface area contributed by atoms with Crippen LogP contribution in [0.5, 0.6) is 11.5 Å². The molecule has 0 aliphatic carbocycles. The second-order valence-electron chi connectivity index (χ2n) is 7.24. The van der Waals surface area contributed by atoms with Crippen LogP contribution in [0.1, 0.15) is 53.5 Å². The quantitative estimate of drug-likeness (QED) is 0.655. The molecule has 156 valence electrons. The van der Waals surface area contributed by atoms with Gasteiger partial charge in [-0.2, -0.15) is 0 Å². The highest BCUT2D eigenvalue weighted by molar-refractivity contribution is 6.06. The first-order chi connectivity index (χ1) is 13.8. The summed E-state index contributed by atoms with van der Waals surface area (Å²) in [6, 6.07) is 10.3. The highest BCUT2D eigenvalue weighted by Gasteiger charge is 2.14. The van der Waals surface area contributed by atoms with E-state index in [0.717, 1.165) is 12.0 Å². The van der Waals surface area contributed by atoms with E-state index in [9.17, 15) is 9.59 Å². The molecule has 0 aliphatic rings. The van der Waals surface area contributed by atoms with Crippen molar-refractivity contribution in [3.63, 3.8) is 0 Å². The van der Waals surface area contributed by atoms with Gasteiger partial charge in [-0.3, -0.25) is 9.59 Å². The Hall–Kier alpha value is -3.02. The summed E-state index contributed by atoms with van der Waals surface area (Å²) >= 11 is 0. The molecule has 0 atom stereocenters. The number of carbonyl (C=O) groups is 2. The van der Waals surface area contributed by atoms with Crippen LogP contribution in [0, 0.1) is 12.8 Å². The molecule has 2 N–H and O–H groups in total. The van der Waals surface area contributed by atoms with Crippen molar-refractivity contribution >= 4 is 17.5 Å². The van der Waals surface area contributed by atoms with Crippen LogP contribution in [0.25, 0.3) is 0 Å². The molecule has 0 saturated carbocycles. The molecule has 0 radical (unpaired) electrons. The number of benzene rings is 2. The van der Waals surface area contributed by atoms with Crippen molar-refractivity contribution in [3.8, 4) is 11.5 Å². The van der Waals surface area contributed by atoms with E-state index in [1.807, 2.05) is 19.9 Å². The van der Waals surface area contributed by atoms with Gasteiger partial charge < -0.3 is 20.1 Å². The van der Waals surface area contributed by atoms with E-state index in [1.165, 1.54) is 0 Å². The van der Waals surface area contributed by atoms with Gasteiger partial charge >= 0.3 is 0 Å². The number of carbonyl (C=O) groups excluding carboxylic acids is 2. The number of nitrogens with one attached hydrogen (secondary N) is 2. The van der Waals surface area contributed by atoms with Gasteiger partial charge in [0, 0.05) is 23.4 Å². The smallest absolute Gasteiger partial charge is 0.255 e. The molecule has 2 rings (SSSR count). The van der Waals surface area contributed by atoms with E-state index < -0.39 is 0 Å². The minimum atomic E-state index is -0.284. The number of hydrogen-bond acceptors (Lipinski definition) is 4. The molecule has 0 aliphatic heterocycles. The van der Waals surface area contributed by atoms with Gasteiger partial charge in [-0.1, -0.05) is 19.9 Å². The van der Waals surface area contributed by atoms with Gasteiger partial charge in [-0.15, -0.1) is 0 Å². The van der Waals surface area contributed by atoms with Crippen molar-refractivity contribution in [2.45, 2.75) is 34.1 Å². The highest BCUT2D eigenvalue weighted by atomic mass is 16.5. The molecule has 0 bridgehead atoms. The van der Waals surface area contributed by atoms with E-state index in [1.54, 1.807) is 37.4 Å². The fourth-order valence-electron chi connectivity index (χ4n) is 2.69. The fraction of sp³-hybridized carbons (Fsp3) is 0.391. The summed E-state index contributed by atoms with van der Waals surface area (Å²) in [7, 11) is 1.55. The zero-order valence-corrected chi connectivity index (χ0v) is 17.8. The van der Waals surface area contributed by atoms with Gasteiger partial charge in [0.1, 0.15) is 0 Å². The van der Waals surface area contributed by atoms with Crippen LogP contribution in [0.4, 0.5) is 5.69 Å². The molecule has 0 heterocycles. The first-order valence-corrected chi connectivity index (χ1v) is 9.86. The minimum Gasteiger partial charge on any atom is -0.493 e. The Kier molecular flexibility index (Phi) is 8.07. The molecule has 6 heteroatoms. The van der Waals surface area contributed by atoms with Crippen LogP contribution in [0.2, 0.25) is 0 Å². The van der Waals surface area contributed by atoms with E-state index in [0.29, 0.717) is 47.4 Å². The Labute approximate surface area is 172 Å². The number of anilines is 1. The largest absolute Gasteiger partial charge is 0.493 e. The Morgan fingerprint density at radius 2 is 1.69 bits per heavy atom. The monoisotopic (exact) mass is 398 g/mol. The van der Waals surface area contributed by atoms with Crippen LogP contribution >= 0.6 is 0 Å². The molecular formula is C23H30N2O4. The number of ether oxygens (including phenoxy) is 2. The van der Waals surface area contributed by atoms with Crippen molar-refractivity contribution in [2.75, 3.05) is 25.6 Å². The topological polar surface area (TPSA) is 76.7 Å². The SMILES string of the molecule is CCNC(=O)c1ccc(C)c(NC(=O)c2ccc(OCCC(C)C)c(OC)c2)c1. The molecule has 0 unspecified atom stereocenters. The van der Waals surface area contributed by atoms with Gasteiger partial charge in [-0.05, 0) is 62.1 Å². The standard InChI is InChI=1S/C23H30N2O4/c1-6-24-22(26)17-8-7-16(4)19(13-17)25-23(27)18-9-10-20(21(14-18)28-5)29-12-11-15(2)3/h7-10,13-15H,6,11-12H2,1-5H3,(H,24,26)(H,25,27). The third kappa shape index (κ3) is 6.24. The summed E-state index contributed by atoms with van der Waals surface area (Å²) in [4.78, 5) is 24.8. The maximum atomic E-state index is 12.7. The first-order valence-electron chi connectivity index (χ1n) is 9.86. The van der Waals surface area contributed by atoms with Gasteiger partial charge in [0.15, 0.2) is 11.5 Å². The zero-order valence-electron chi connectivity index (χ0n) is 17.8. The van der Waals surface area contributed by atoms with Crippen molar-refractivity contribution in [3.05, 3.63) is 53.1 Å². The van der Waals surface area contributed by atoms with E-state index in [-0.39, 0.29) is 11.8 Å². The van der Waals surface area contributed by atoms with E-state index >= 15 is 0 Å². The van der Waals surface area contributed by atoms with Crippen LogP contribution < -0.4 is 20.1 Å². The maximum absolute atomic E-state index is 12.7. The van der Waals surface area contributed by atoms with Gasteiger partial charge in [0.2, 0.25) is 0 Å². The number of hydrogen-bond donors (Lipinski definition) is 2. The molecule has 2 amide bonds. The van der Waals surface area contributed by atoms with E-state index in [2.05, 4.69) is 24.5 Å². The molecule has 0 aromatic heterocycles. The summed E-state index contributed by atoms with van der Waals surface area (Å²) < 4.78 is 11.2. The summed E-state index contributed by atoms with van der Waals surface area (Å²) in [5.74, 6) is 1.21. The van der Waals surface area contributed by atoms with Crippen LogP contribution in [-0.2, 0) is 0 Å². The van der Waals surface area contributed by atoms with Crippen molar-refractivity contribution in [2.24, 2.45) is 5.92 Å². The molecule has 0 spiro atoms. The number of rotatable bonds is 9. The Balaban J connectivity index is 2.16. The second-order valence-corrected chi connectivity index (χ2v) is 7.24. The van der Waals surface area contributed by atoms with Crippen LogP contribution in [0.15, 0.2) is 36.4 Å². The zero-order chi connectivity index (χ0) is 21.4. The normalized spacial score (nSPS) is 10.6. The molecule has 2 aromatic rings. The van der Waals surface area contributed by atoms with Crippen LogP contribution in [-0.4, -0.2) is 32.1 Å². The van der Waals surface area contributed by atoms with Gasteiger partial charge in [0.05, 0.1) is 13.7 Å². The molecule has 0 saturated heterocycles. The first kappa shape index (κ1) is 22.3. The lowest BCUT2D eigenvalue weighted by molar-refractivity contribution is 0.0954. The molecule has 2 aromatic carbocycles. The lowest BCUT2D eigenvalue weighted by Crippen LogP contribution is -2.23. The molecule has 0 fully saturated rings. The Morgan fingerprint density at radius 3 is 2.34 bits per heavy atom. The third-order valence-corrected chi connectivity index (χ3v) is 4.46. The molecule has 29 heavy (non-hydrogen) atoms. The summed E-state index contributed by atoms with van der Waals surface area (Å²) in [5, 5.41) is 5.63. The summed E-state index contributed by atoms with van der Waals surface area (Å²) in [6.45, 7) is 9.14. The summed E-state index contributed by atoms with van der Waals surface area (Å²) in [6.07, 6.45) is 0.937. The highest BCUT2D eigenvalue weighted by Crippen LogP contribution is 2.29. The Morgan fingerprint density at radius 1 is 1.00 bits per heavy atom. The number of methoxy groups -OCH3 is 1. The fourth-order valence-corrected chi connectivity index (χ4v) is 2.69. The van der Waals surface area contributed by atoms with Crippen molar-refractivity contribution in [1.82, 2.24) is 5.32 Å². The third-order valence-electron chi connectivity index (χ3n) is 4.46. The number of amides is 2. The Bertz CT molecular complexity index is 862. The van der Waals surface area contributed by atoms with Crippen molar-refractivity contribution in [1.29, 1.82) is 0 Å². The second kappa shape index (κ2) is 10.5. The van der Waals surface area contributed by atoms with Crippen LogP contribution in [0.3, 0.4) is 0 Å². The predicted molar refractivity (Wildman–Crippen MR) is 115 cm³/mol. The average molecular weight is 399 g/mol. The van der Waals surface area contributed by atoms with Crippen molar-refractivity contribution < 1.29 is 19.1 Å². The maximum Gasteiger partial charge on any atom is 0.255 e. The van der Waals surface area contributed by atoms with Gasteiger partial charge in [0.25, 0.3) is 11.8 Å². The predicted octanol–water partition coefficient (Wildman–Crippen LogP) is 4.43. The van der Waals surface area contributed by atoms with Gasteiger partial charge in [-0.25, -0.2) is 0 Å². The van der Waals surface area contributed by atoms with E-state index in [4.69, 9.17) is 9.47 Å². The average Bonchev–Trinajstić information content (AvgIpc) is 2.69. The number of aryl methyl sites for hydroxylation is 1. The minimum absolute atomic E-state index is 0.174.